The van der Waals surface area contributed by atoms with Gasteiger partial charge in [0.1, 0.15) is 0 Å². The SMILES string of the molecule is CCc1ccc(N2C(=O)[C@@H]3[C@H](C2=O)[C@H]2C=C[C@H]3CC2)cc1. The topological polar surface area (TPSA) is 37.4 Å². The predicted octanol–water partition coefficient (Wildman–Crippen LogP) is 2.95. The Morgan fingerprint density at radius 2 is 1.48 bits per heavy atom. The van der Waals surface area contributed by atoms with Crippen molar-refractivity contribution in [2.45, 2.75) is 26.2 Å². The van der Waals surface area contributed by atoms with Gasteiger partial charge in [-0.2, -0.15) is 0 Å². The van der Waals surface area contributed by atoms with Gasteiger partial charge in [-0.05, 0) is 48.8 Å². The fourth-order valence-corrected chi connectivity index (χ4v) is 4.21. The van der Waals surface area contributed by atoms with E-state index in [0.717, 1.165) is 24.9 Å². The second-order valence-corrected chi connectivity index (χ2v) is 6.37. The third kappa shape index (κ3) is 1.73. The Balaban J connectivity index is 1.71. The normalized spacial score (nSPS) is 33.7. The van der Waals surface area contributed by atoms with E-state index in [2.05, 4.69) is 19.1 Å². The molecule has 0 spiro atoms. The quantitative estimate of drug-likeness (QED) is 0.617. The van der Waals surface area contributed by atoms with E-state index < -0.39 is 0 Å². The van der Waals surface area contributed by atoms with Crippen LogP contribution < -0.4 is 4.90 Å². The van der Waals surface area contributed by atoms with Crippen molar-refractivity contribution >= 4 is 17.5 Å². The fraction of sp³-hybridized carbons (Fsp3) is 0.444. The lowest BCUT2D eigenvalue weighted by molar-refractivity contribution is -0.124. The Labute approximate surface area is 124 Å². The Morgan fingerprint density at radius 3 is 1.90 bits per heavy atom. The van der Waals surface area contributed by atoms with Gasteiger partial charge in [0, 0.05) is 0 Å². The molecule has 0 unspecified atom stereocenters. The van der Waals surface area contributed by atoms with Crippen molar-refractivity contribution < 1.29 is 9.59 Å². The number of rotatable bonds is 2. The number of imide groups is 1. The van der Waals surface area contributed by atoms with Crippen LogP contribution in [0.4, 0.5) is 5.69 Å². The van der Waals surface area contributed by atoms with Crippen LogP contribution in [0.5, 0.6) is 0 Å². The maximum Gasteiger partial charge on any atom is 0.238 e. The summed E-state index contributed by atoms with van der Waals surface area (Å²) in [5, 5.41) is 0. The van der Waals surface area contributed by atoms with Crippen LogP contribution in [-0.4, -0.2) is 11.8 Å². The molecule has 1 aromatic rings. The zero-order valence-electron chi connectivity index (χ0n) is 12.2. The maximum absolute atomic E-state index is 12.8. The molecule has 108 valence electrons. The minimum absolute atomic E-state index is 0.00768. The third-order valence-electron chi connectivity index (χ3n) is 5.36. The molecule has 0 aromatic heterocycles. The van der Waals surface area contributed by atoms with E-state index in [4.69, 9.17) is 0 Å². The number of anilines is 1. The summed E-state index contributed by atoms with van der Waals surface area (Å²) in [6.07, 6.45) is 7.36. The maximum atomic E-state index is 12.8. The van der Waals surface area contributed by atoms with Gasteiger partial charge >= 0.3 is 0 Å². The number of nitrogens with zero attached hydrogens (tertiary/aromatic N) is 1. The zero-order valence-corrected chi connectivity index (χ0v) is 12.2. The number of hydrogen-bond donors (Lipinski definition) is 0. The van der Waals surface area contributed by atoms with Gasteiger partial charge in [-0.1, -0.05) is 31.2 Å². The van der Waals surface area contributed by atoms with Crippen molar-refractivity contribution in [3.8, 4) is 0 Å². The minimum Gasteiger partial charge on any atom is -0.274 e. The van der Waals surface area contributed by atoms with Gasteiger partial charge in [0.25, 0.3) is 0 Å². The van der Waals surface area contributed by atoms with Crippen LogP contribution in [0.1, 0.15) is 25.3 Å². The first-order valence-corrected chi connectivity index (χ1v) is 7.85. The second kappa shape index (κ2) is 4.55. The van der Waals surface area contributed by atoms with E-state index in [1.807, 2.05) is 24.3 Å². The number of benzene rings is 1. The van der Waals surface area contributed by atoms with Gasteiger partial charge in [-0.15, -0.1) is 0 Å². The molecular formula is C18H19NO2. The number of aryl methyl sites for hydroxylation is 1. The van der Waals surface area contributed by atoms with Crippen LogP contribution in [0.3, 0.4) is 0 Å². The summed E-state index contributed by atoms with van der Waals surface area (Å²) >= 11 is 0. The molecular weight excluding hydrogens is 262 g/mol. The minimum atomic E-state index is -0.118. The summed E-state index contributed by atoms with van der Waals surface area (Å²) in [5.74, 6) is 0.300. The third-order valence-corrected chi connectivity index (χ3v) is 5.36. The summed E-state index contributed by atoms with van der Waals surface area (Å²) in [4.78, 5) is 27.0. The summed E-state index contributed by atoms with van der Waals surface area (Å²) < 4.78 is 0. The molecule has 2 amide bonds. The number of hydrogen-bond acceptors (Lipinski definition) is 2. The molecule has 0 radical (unpaired) electrons. The van der Waals surface area contributed by atoms with Crippen molar-refractivity contribution in [1.29, 1.82) is 0 Å². The Morgan fingerprint density at radius 1 is 0.952 bits per heavy atom. The predicted molar refractivity (Wildman–Crippen MR) is 80.6 cm³/mol. The first-order chi connectivity index (χ1) is 10.2. The van der Waals surface area contributed by atoms with Crippen molar-refractivity contribution in [3.05, 3.63) is 42.0 Å². The van der Waals surface area contributed by atoms with Gasteiger partial charge in [0.05, 0.1) is 17.5 Å². The van der Waals surface area contributed by atoms with E-state index in [9.17, 15) is 9.59 Å². The molecule has 3 nitrogen and oxygen atoms in total. The molecule has 4 aliphatic rings. The lowest BCUT2D eigenvalue weighted by atomic mass is 9.63. The smallest absolute Gasteiger partial charge is 0.238 e. The molecule has 1 heterocycles. The fourth-order valence-electron chi connectivity index (χ4n) is 4.21. The molecule has 1 aromatic carbocycles. The van der Waals surface area contributed by atoms with Crippen LogP contribution in [0, 0.1) is 23.7 Å². The molecule has 2 fully saturated rings. The molecule has 5 rings (SSSR count). The molecule has 1 aliphatic heterocycles. The van der Waals surface area contributed by atoms with Crippen LogP contribution in [0.15, 0.2) is 36.4 Å². The highest BCUT2D eigenvalue weighted by atomic mass is 16.2. The molecule has 1 saturated heterocycles. The van der Waals surface area contributed by atoms with Gasteiger partial charge in [-0.3, -0.25) is 14.5 Å². The first-order valence-electron chi connectivity index (χ1n) is 7.85. The van der Waals surface area contributed by atoms with Crippen molar-refractivity contribution in [1.82, 2.24) is 0 Å². The Kier molecular flexibility index (Phi) is 2.78. The highest BCUT2D eigenvalue weighted by Crippen LogP contribution is 2.50. The monoisotopic (exact) mass is 281 g/mol. The highest BCUT2D eigenvalue weighted by Gasteiger charge is 2.56. The first kappa shape index (κ1) is 12.8. The van der Waals surface area contributed by atoms with Gasteiger partial charge in [-0.25, -0.2) is 0 Å². The van der Waals surface area contributed by atoms with Crippen LogP contribution in [-0.2, 0) is 16.0 Å². The van der Waals surface area contributed by atoms with Crippen LogP contribution >= 0.6 is 0 Å². The van der Waals surface area contributed by atoms with E-state index in [1.165, 1.54) is 10.5 Å². The van der Waals surface area contributed by atoms with E-state index in [0.29, 0.717) is 0 Å². The number of carbonyl (C=O) groups is 2. The molecule has 0 N–H and O–H groups in total. The average molecular weight is 281 g/mol. The number of carbonyl (C=O) groups excluding carboxylic acids is 2. The molecule has 1 saturated carbocycles. The number of fused-ring (bicyclic) bond motifs is 1. The van der Waals surface area contributed by atoms with Gasteiger partial charge in [0.2, 0.25) is 11.8 Å². The van der Waals surface area contributed by atoms with E-state index in [1.54, 1.807) is 0 Å². The van der Waals surface area contributed by atoms with Crippen molar-refractivity contribution in [3.63, 3.8) is 0 Å². The molecule has 3 aliphatic carbocycles. The van der Waals surface area contributed by atoms with E-state index >= 15 is 0 Å². The average Bonchev–Trinajstić information content (AvgIpc) is 2.82. The molecule has 4 atom stereocenters. The summed E-state index contributed by atoms with van der Waals surface area (Å²) in [6.45, 7) is 2.10. The summed E-state index contributed by atoms with van der Waals surface area (Å²) in [6, 6.07) is 7.82. The van der Waals surface area contributed by atoms with E-state index in [-0.39, 0.29) is 35.5 Å². The summed E-state index contributed by atoms with van der Waals surface area (Å²) in [5.41, 5.74) is 1.95. The molecule has 21 heavy (non-hydrogen) atoms. The Hall–Kier alpha value is -1.90. The van der Waals surface area contributed by atoms with Gasteiger partial charge in [0.15, 0.2) is 0 Å². The number of amides is 2. The summed E-state index contributed by atoms with van der Waals surface area (Å²) in [7, 11) is 0. The number of allylic oxidation sites excluding steroid dienone is 2. The lowest BCUT2D eigenvalue weighted by Gasteiger charge is -2.38. The van der Waals surface area contributed by atoms with Crippen molar-refractivity contribution in [2.24, 2.45) is 23.7 Å². The zero-order chi connectivity index (χ0) is 14.6. The van der Waals surface area contributed by atoms with Crippen molar-refractivity contribution in [2.75, 3.05) is 4.90 Å². The Bertz CT molecular complexity index is 599. The lowest BCUT2D eigenvalue weighted by Crippen LogP contribution is -2.38. The van der Waals surface area contributed by atoms with Crippen LogP contribution in [0.25, 0.3) is 0 Å². The standard InChI is InChI=1S/C18H19NO2/c1-2-11-3-9-14(10-4-11)19-17(20)15-12-5-6-13(8-7-12)16(15)18(19)21/h3-6,9-10,12-13,15-16H,2,7-8H2,1H3/t12-,13-,15-,16+/m0/s1. The van der Waals surface area contributed by atoms with Gasteiger partial charge < -0.3 is 0 Å². The molecule has 3 heteroatoms. The highest BCUT2D eigenvalue weighted by molar-refractivity contribution is 6.22. The van der Waals surface area contributed by atoms with Crippen LogP contribution in [0.2, 0.25) is 0 Å². The largest absolute Gasteiger partial charge is 0.274 e. The molecule has 2 bridgehead atoms. The second-order valence-electron chi connectivity index (χ2n) is 6.37.